The van der Waals surface area contributed by atoms with Crippen LogP contribution in [0.4, 0.5) is 0 Å². The molecule has 9 nitrogen and oxygen atoms in total. The second kappa shape index (κ2) is 8.91. The average molecular weight is 415 g/mol. The first-order valence-corrected chi connectivity index (χ1v) is 11.1. The molecule has 0 bridgehead atoms. The molecule has 0 radical (unpaired) electrons. The summed E-state index contributed by atoms with van der Waals surface area (Å²) < 4.78 is 32.2. The quantitative estimate of drug-likeness (QED) is 0.713. The molecule has 2 aliphatic rings. The van der Waals surface area contributed by atoms with Crippen LogP contribution in [-0.4, -0.2) is 85.3 Å². The summed E-state index contributed by atoms with van der Waals surface area (Å²) in [6.07, 6.45) is 4.87. The second-order valence-corrected chi connectivity index (χ2v) is 9.82. The molecule has 2 saturated heterocycles. The predicted octanol–water partition coefficient (Wildman–Crippen LogP) is 0.255. The topological polar surface area (TPSA) is 97.5 Å². The lowest BCUT2D eigenvalue weighted by Crippen LogP contribution is -2.51. The van der Waals surface area contributed by atoms with Gasteiger partial charge >= 0.3 is 5.63 Å². The van der Waals surface area contributed by atoms with Crippen molar-refractivity contribution < 1.29 is 17.9 Å². The number of hydrogen-bond donors (Lipinski definition) is 1. The number of nitrogens with zero attached hydrogens (tertiary/aromatic N) is 4. The minimum absolute atomic E-state index is 0.00478. The minimum Gasteiger partial charge on any atom is -0.507 e. The normalized spacial score (nSPS) is 20.7. The van der Waals surface area contributed by atoms with Crippen molar-refractivity contribution in [2.75, 3.05) is 53.4 Å². The summed E-state index contributed by atoms with van der Waals surface area (Å²) in [5, 5.41) is 10.7. The smallest absolute Gasteiger partial charge is 0.343 e. The molecule has 0 saturated carbocycles. The van der Waals surface area contributed by atoms with E-state index in [1.54, 1.807) is 0 Å². The lowest BCUT2D eigenvalue weighted by Gasteiger charge is -2.35. The molecule has 10 heteroatoms. The highest BCUT2D eigenvalue weighted by atomic mass is 32.2. The van der Waals surface area contributed by atoms with Crippen molar-refractivity contribution >= 4 is 10.2 Å². The number of hydrogen-bond acceptors (Lipinski definition) is 7. The Labute approximate surface area is 166 Å². The molecular formula is C18H30N4O5S. The monoisotopic (exact) mass is 414 g/mol. The fourth-order valence-electron chi connectivity index (χ4n) is 3.72. The zero-order chi connectivity index (χ0) is 20.3. The summed E-state index contributed by atoms with van der Waals surface area (Å²) in [7, 11) is -0.405. The van der Waals surface area contributed by atoms with Crippen molar-refractivity contribution in [2.24, 2.45) is 0 Å². The molecule has 28 heavy (non-hydrogen) atoms. The van der Waals surface area contributed by atoms with E-state index in [-0.39, 0.29) is 17.9 Å². The lowest BCUT2D eigenvalue weighted by molar-refractivity contribution is 0.173. The molecule has 3 heterocycles. The Morgan fingerprint density at radius 1 is 1.00 bits per heavy atom. The van der Waals surface area contributed by atoms with E-state index in [2.05, 4.69) is 4.90 Å². The number of aromatic hydroxyl groups is 1. The van der Waals surface area contributed by atoms with Crippen LogP contribution in [0.25, 0.3) is 0 Å². The molecule has 0 amide bonds. The Kier molecular flexibility index (Phi) is 6.77. The van der Waals surface area contributed by atoms with Gasteiger partial charge in [0.1, 0.15) is 12.0 Å². The molecule has 1 N–H and O–H groups in total. The molecule has 0 atom stereocenters. The highest BCUT2D eigenvalue weighted by Crippen LogP contribution is 2.24. The molecule has 1 aromatic heterocycles. The summed E-state index contributed by atoms with van der Waals surface area (Å²) in [4.78, 5) is 16.4. The Hall–Kier alpha value is -1.46. The van der Waals surface area contributed by atoms with Gasteiger partial charge in [-0.1, -0.05) is 6.42 Å². The molecule has 2 aliphatic heterocycles. The van der Waals surface area contributed by atoms with Crippen LogP contribution in [0, 0.1) is 0 Å². The van der Waals surface area contributed by atoms with Crippen LogP contribution in [-0.2, 0) is 23.3 Å². The number of piperidine rings is 1. The van der Waals surface area contributed by atoms with Crippen molar-refractivity contribution in [1.29, 1.82) is 0 Å². The summed E-state index contributed by atoms with van der Waals surface area (Å²) >= 11 is 0. The number of rotatable bonds is 6. The van der Waals surface area contributed by atoms with E-state index < -0.39 is 15.8 Å². The Morgan fingerprint density at radius 3 is 2.21 bits per heavy atom. The van der Waals surface area contributed by atoms with E-state index in [1.165, 1.54) is 35.4 Å². The van der Waals surface area contributed by atoms with Crippen LogP contribution >= 0.6 is 0 Å². The molecule has 0 unspecified atom stereocenters. The van der Waals surface area contributed by atoms with Gasteiger partial charge in [-0.05, 0) is 25.9 Å². The Morgan fingerprint density at radius 2 is 1.61 bits per heavy atom. The Balaban J connectivity index is 1.66. The van der Waals surface area contributed by atoms with E-state index in [4.69, 9.17) is 4.42 Å². The maximum absolute atomic E-state index is 12.2. The van der Waals surface area contributed by atoms with Gasteiger partial charge in [0.15, 0.2) is 0 Å². The van der Waals surface area contributed by atoms with Crippen LogP contribution in [0.1, 0.15) is 30.4 Å². The van der Waals surface area contributed by atoms with Gasteiger partial charge in [0, 0.05) is 58.9 Å². The van der Waals surface area contributed by atoms with Crippen LogP contribution in [0.2, 0.25) is 0 Å². The van der Waals surface area contributed by atoms with Gasteiger partial charge in [0.2, 0.25) is 0 Å². The van der Waals surface area contributed by atoms with E-state index in [0.717, 1.165) is 25.9 Å². The van der Waals surface area contributed by atoms with Crippen LogP contribution in [0.3, 0.4) is 0 Å². The van der Waals surface area contributed by atoms with Crippen molar-refractivity contribution in [1.82, 2.24) is 18.4 Å². The molecule has 1 aromatic rings. The molecular weight excluding hydrogens is 384 g/mol. The first-order valence-electron chi connectivity index (χ1n) is 9.74. The number of likely N-dealkylation sites (tertiary alicyclic amines) is 1. The Bertz CT molecular complexity index is 825. The van der Waals surface area contributed by atoms with Gasteiger partial charge in [-0.15, -0.1) is 0 Å². The van der Waals surface area contributed by atoms with Crippen molar-refractivity contribution in [3.05, 3.63) is 27.8 Å². The molecule has 0 aliphatic carbocycles. The first kappa shape index (κ1) is 21.3. The third-order valence-corrected chi connectivity index (χ3v) is 7.43. The molecule has 0 spiro atoms. The standard InChI is InChI=1S/C18H30N4O5S/c1-19(2)28(25,26)22-10-8-21(9-11-22)13-16-17(23)15(14-27-18(16)24)12-20-6-4-3-5-7-20/h14,23H,3-13H2,1-2H3. The van der Waals surface area contributed by atoms with Gasteiger partial charge < -0.3 is 9.52 Å². The van der Waals surface area contributed by atoms with E-state index in [0.29, 0.717) is 38.3 Å². The first-order chi connectivity index (χ1) is 13.3. The van der Waals surface area contributed by atoms with Gasteiger partial charge in [-0.25, -0.2) is 4.79 Å². The molecule has 3 rings (SSSR count). The van der Waals surface area contributed by atoms with E-state index >= 15 is 0 Å². The van der Waals surface area contributed by atoms with Crippen molar-refractivity contribution in [3.8, 4) is 5.75 Å². The third kappa shape index (κ3) is 4.74. The summed E-state index contributed by atoms with van der Waals surface area (Å²) in [5.74, 6) is 0.00478. The van der Waals surface area contributed by atoms with Crippen LogP contribution in [0.15, 0.2) is 15.5 Å². The highest BCUT2D eigenvalue weighted by Gasteiger charge is 2.29. The fourth-order valence-corrected chi connectivity index (χ4v) is 4.81. The SMILES string of the molecule is CN(C)S(=O)(=O)N1CCN(Cc2c(O)c(CN3CCCCC3)coc2=O)CC1. The van der Waals surface area contributed by atoms with E-state index in [1.807, 2.05) is 4.90 Å². The zero-order valence-corrected chi connectivity index (χ0v) is 17.4. The van der Waals surface area contributed by atoms with Gasteiger partial charge in [0.25, 0.3) is 10.2 Å². The van der Waals surface area contributed by atoms with E-state index in [9.17, 15) is 18.3 Å². The molecule has 0 aromatic carbocycles. The summed E-state index contributed by atoms with van der Waals surface area (Å²) in [6.45, 7) is 4.45. The average Bonchev–Trinajstić information content (AvgIpc) is 2.68. The van der Waals surface area contributed by atoms with Crippen molar-refractivity contribution in [3.63, 3.8) is 0 Å². The van der Waals surface area contributed by atoms with Gasteiger partial charge in [0.05, 0.1) is 5.56 Å². The minimum atomic E-state index is -3.43. The summed E-state index contributed by atoms with van der Waals surface area (Å²) in [6, 6.07) is 0. The molecule has 2 fully saturated rings. The van der Waals surface area contributed by atoms with Crippen LogP contribution < -0.4 is 5.63 Å². The zero-order valence-electron chi connectivity index (χ0n) is 16.6. The van der Waals surface area contributed by atoms with Crippen molar-refractivity contribution in [2.45, 2.75) is 32.4 Å². The maximum atomic E-state index is 12.2. The third-order valence-electron chi connectivity index (χ3n) is 5.49. The maximum Gasteiger partial charge on any atom is 0.343 e. The van der Waals surface area contributed by atoms with Crippen LogP contribution in [0.5, 0.6) is 5.75 Å². The van der Waals surface area contributed by atoms with Gasteiger partial charge in [-0.2, -0.15) is 17.0 Å². The highest BCUT2D eigenvalue weighted by molar-refractivity contribution is 7.86. The predicted molar refractivity (Wildman–Crippen MR) is 105 cm³/mol. The second-order valence-electron chi connectivity index (χ2n) is 7.68. The van der Waals surface area contributed by atoms with Gasteiger partial charge in [-0.3, -0.25) is 9.80 Å². The lowest BCUT2D eigenvalue weighted by atomic mass is 10.1. The number of piperazine rings is 1. The fraction of sp³-hybridized carbons (Fsp3) is 0.722. The summed E-state index contributed by atoms with van der Waals surface area (Å²) in [5.41, 5.74) is 0.340. The molecule has 158 valence electrons. The largest absolute Gasteiger partial charge is 0.507 e.